The molecule has 4 heterocycles. The average Bonchev–Trinajstić information content (AvgIpc) is 3.92. The van der Waals surface area contributed by atoms with Crippen molar-refractivity contribution in [2.45, 2.75) is 121 Å². The van der Waals surface area contributed by atoms with Gasteiger partial charge in [0.15, 0.2) is 11.2 Å². The number of fused-ring (bicyclic) bond motifs is 1. The topological polar surface area (TPSA) is 252 Å². The molecular weight excluding hydrogens is 841 g/mol. The number of nitrogens with zero attached hydrogens (tertiary/aromatic N) is 4. The summed E-state index contributed by atoms with van der Waals surface area (Å²) in [7, 11) is 0. The molecule has 2 aliphatic heterocycles. The second-order valence-corrected chi connectivity index (χ2v) is 18.2. The first-order valence-corrected chi connectivity index (χ1v) is 22.1. The van der Waals surface area contributed by atoms with Crippen LogP contribution in [0.2, 0.25) is 0 Å². The number of nitrogens with one attached hydrogen (secondary N) is 4. The normalized spacial score (nSPS) is 18.4. The van der Waals surface area contributed by atoms with Gasteiger partial charge in [-0.05, 0) is 83.9 Å². The van der Waals surface area contributed by atoms with E-state index in [2.05, 4.69) is 30.9 Å². The Morgan fingerprint density at radius 1 is 0.815 bits per heavy atom. The maximum atomic E-state index is 12.7. The molecule has 2 fully saturated rings. The Bertz CT molecular complexity index is 2170. The lowest BCUT2D eigenvalue weighted by Gasteiger charge is -2.29. The van der Waals surface area contributed by atoms with Crippen LogP contribution in [-0.4, -0.2) is 145 Å². The minimum Gasteiger partial charge on any atom is -0.444 e. The Morgan fingerprint density at radius 2 is 1.37 bits per heavy atom. The van der Waals surface area contributed by atoms with Gasteiger partial charge in [0.25, 0.3) is 5.56 Å². The third-order valence-corrected chi connectivity index (χ3v) is 10.5. The first kappa shape index (κ1) is 50.6. The fourth-order valence-electron chi connectivity index (χ4n) is 7.26. The Labute approximate surface area is 379 Å². The van der Waals surface area contributed by atoms with Crippen LogP contribution in [-0.2, 0) is 43.0 Å². The molecule has 3 amide bonds. The smallest absolute Gasteiger partial charge is 0.407 e. The number of hydrogen-bond donors (Lipinski definition) is 7. The van der Waals surface area contributed by atoms with Gasteiger partial charge in [0.1, 0.15) is 17.4 Å². The number of ether oxygens (including phenoxy) is 4. The molecule has 0 aliphatic carbocycles. The third-order valence-electron chi connectivity index (χ3n) is 10.5. The molecule has 65 heavy (non-hydrogen) atoms. The Balaban J connectivity index is 0.000000384. The zero-order valence-electron chi connectivity index (χ0n) is 38.2. The molecule has 2 aliphatic rings. The molecular formula is C46H66N8O11. The van der Waals surface area contributed by atoms with Crippen LogP contribution in [0.4, 0.5) is 9.59 Å². The summed E-state index contributed by atoms with van der Waals surface area (Å²) in [4.78, 5) is 61.9. The fraction of sp³-hybridized carbons (Fsp3) is 0.565. The second kappa shape index (κ2) is 23.7. The number of benzene rings is 2. The van der Waals surface area contributed by atoms with E-state index in [-0.39, 0.29) is 49.9 Å². The van der Waals surface area contributed by atoms with E-state index in [9.17, 15) is 29.4 Å². The number of aliphatic hydroxyl groups is 3. The molecule has 0 spiro atoms. The summed E-state index contributed by atoms with van der Waals surface area (Å²) in [5.41, 5.74) is 1.77. The largest absolute Gasteiger partial charge is 0.444 e. The van der Waals surface area contributed by atoms with Crippen LogP contribution in [0.5, 0.6) is 0 Å². The summed E-state index contributed by atoms with van der Waals surface area (Å²) < 4.78 is 23.6. The number of aromatic nitrogens is 4. The average molecular weight is 907 g/mol. The van der Waals surface area contributed by atoms with E-state index in [0.717, 1.165) is 29.5 Å². The van der Waals surface area contributed by atoms with E-state index in [1.807, 2.05) is 54.6 Å². The highest BCUT2D eigenvalue weighted by Gasteiger charge is 2.29. The van der Waals surface area contributed by atoms with Crippen molar-refractivity contribution in [2.75, 3.05) is 46.0 Å². The number of carbonyl (C=O) groups is 3. The number of aliphatic hydroxyl groups excluding tert-OH is 3. The molecule has 6 rings (SSSR count). The van der Waals surface area contributed by atoms with Crippen molar-refractivity contribution >= 4 is 29.3 Å². The van der Waals surface area contributed by atoms with E-state index in [4.69, 9.17) is 24.1 Å². The molecule has 4 aromatic rings. The van der Waals surface area contributed by atoms with Crippen LogP contribution < -0.4 is 21.5 Å². The van der Waals surface area contributed by atoms with Crippen LogP contribution in [0.25, 0.3) is 11.2 Å². The lowest BCUT2D eigenvalue weighted by Crippen LogP contribution is -2.53. The zero-order valence-corrected chi connectivity index (χ0v) is 38.2. The molecule has 0 bridgehead atoms. The number of morpholine rings is 1. The minimum atomic E-state index is -1.06. The number of carbonyl (C=O) groups excluding carboxylic acids is 3. The van der Waals surface area contributed by atoms with Crippen molar-refractivity contribution in [3.8, 4) is 0 Å². The number of imidazole rings is 1. The highest BCUT2D eigenvalue weighted by Crippen LogP contribution is 2.29. The molecule has 0 saturated carbocycles. The van der Waals surface area contributed by atoms with E-state index >= 15 is 0 Å². The van der Waals surface area contributed by atoms with Gasteiger partial charge >= 0.3 is 12.2 Å². The van der Waals surface area contributed by atoms with E-state index in [1.165, 1.54) is 6.33 Å². The Kier molecular flexibility index (Phi) is 18.4. The predicted octanol–water partition coefficient (Wildman–Crippen LogP) is 2.76. The SMILES string of the molecule is CC(C)(C)OC(=O)N[C@@H](Cc1ccccc1)[C@H](O)CNC[C@@H](O)[C@H](Cc1ccc(CC(=O)N2CCOCC2)cc1)NC(=O)OC(C)(C)C.O=c1[nH]cnc2c1ncn2[C@H]1CC[C@@H](CO)O1. The van der Waals surface area contributed by atoms with Crippen molar-refractivity contribution in [1.82, 2.24) is 40.4 Å². The van der Waals surface area contributed by atoms with Gasteiger partial charge in [0.05, 0.1) is 69.3 Å². The molecule has 2 saturated heterocycles. The zero-order chi connectivity index (χ0) is 47.1. The Hall–Kier alpha value is -5.44. The Morgan fingerprint density at radius 3 is 1.91 bits per heavy atom. The quantitative estimate of drug-likeness (QED) is 0.0855. The number of rotatable bonds is 16. The highest BCUT2D eigenvalue weighted by molar-refractivity contribution is 5.79. The van der Waals surface area contributed by atoms with Gasteiger partial charge in [-0.2, -0.15) is 0 Å². The molecule has 19 nitrogen and oxygen atoms in total. The number of alkyl carbamates (subject to hydrolysis) is 2. The molecule has 19 heteroatoms. The van der Waals surface area contributed by atoms with Crippen LogP contribution in [0, 0.1) is 0 Å². The molecule has 0 radical (unpaired) electrons. The van der Waals surface area contributed by atoms with Gasteiger partial charge in [-0.15, -0.1) is 0 Å². The van der Waals surface area contributed by atoms with Crippen LogP contribution >= 0.6 is 0 Å². The van der Waals surface area contributed by atoms with E-state index in [1.54, 1.807) is 57.3 Å². The molecule has 2 aromatic carbocycles. The summed E-state index contributed by atoms with van der Waals surface area (Å²) >= 11 is 0. The van der Waals surface area contributed by atoms with Crippen molar-refractivity contribution in [3.63, 3.8) is 0 Å². The van der Waals surface area contributed by atoms with Crippen LogP contribution in [0.1, 0.15) is 77.3 Å². The van der Waals surface area contributed by atoms with Gasteiger partial charge < -0.3 is 60.1 Å². The van der Waals surface area contributed by atoms with Gasteiger partial charge in [-0.3, -0.25) is 14.2 Å². The van der Waals surface area contributed by atoms with Crippen LogP contribution in [0.15, 0.2) is 72.0 Å². The number of aromatic amines is 1. The second-order valence-electron chi connectivity index (χ2n) is 18.2. The lowest BCUT2D eigenvalue weighted by atomic mass is 9.99. The first-order chi connectivity index (χ1) is 30.9. The molecule has 2 aromatic heterocycles. The summed E-state index contributed by atoms with van der Waals surface area (Å²) in [5.74, 6) is 0.0477. The van der Waals surface area contributed by atoms with Crippen molar-refractivity contribution in [1.29, 1.82) is 0 Å². The maximum Gasteiger partial charge on any atom is 0.407 e. The van der Waals surface area contributed by atoms with Gasteiger partial charge in [0, 0.05) is 26.2 Å². The van der Waals surface area contributed by atoms with Crippen molar-refractivity contribution in [3.05, 3.63) is 94.3 Å². The number of hydrogen-bond acceptors (Lipinski definition) is 14. The predicted molar refractivity (Wildman–Crippen MR) is 241 cm³/mol. The standard InChI is InChI=1S/C36H54N4O8.C10H12N4O3/c1-35(2,3)47-33(44)38-28(20-25-10-8-7-9-11-25)30(41)23-37-24-31(42)29(39-34(45)48-36(4,5)6)21-26-12-14-27(15-13-26)22-32(43)40-16-18-46-19-17-40;15-3-6-1-2-7(17-6)14-5-13-8-9(14)11-4-12-10(8)16/h7-15,28-31,37,41-42H,16-24H2,1-6H3,(H,38,44)(H,39,45);4-7,15H,1-3H2,(H,11,12,16)/t28-,29-,30+,31+;6-,7+/m00/s1. The van der Waals surface area contributed by atoms with Gasteiger partial charge in [-0.1, -0.05) is 54.6 Å². The maximum absolute atomic E-state index is 12.7. The fourth-order valence-corrected chi connectivity index (χ4v) is 7.26. The summed E-state index contributed by atoms with van der Waals surface area (Å²) in [5, 5.41) is 40.0. The summed E-state index contributed by atoms with van der Waals surface area (Å²) in [6.07, 6.45) is 1.70. The molecule has 7 N–H and O–H groups in total. The first-order valence-electron chi connectivity index (χ1n) is 22.1. The lowest BCUT2D eigenvalue weighted by molar-refractivity contribution is -0.134. The number of H-pyrrole nitrogens is 1. The molecule has 6 atom stereocenters. The molecule has 356 valence electrons. The number of amides is 3. The summed E-state index contributed by atoms with van der Waals surface area (Å²) in [6, 6.07) is 15.6. The van der Waals surface area contributed by atoms with Crippen molar-refractivity contribution < 1.29 is 48.7 Å². The van der Waals surface area contributed by atoms with Gasteiger partial charge in [0.2, 0.25) is 5.91 Å². The highest BCUT2D eigenvalue weighted by atomic mass is 16.6. The van der Waals surface area contributed by atoms with Crippen molar-refractivity contribution in [2.24, 2.45) is 0 Å². The third kappa shape index (κ3) is 16.5. The summed E-state index contributed by atoms with van der Waals surface area (Å²) in [6.45, 7) is 12.9. The van der Waals surface area contributed by atoms with Crippen LogP contribution in [0.3, 0.4) is 0 Å². The van der Waals surface area contributed by atoms with E-state index in [0.29, 0.717) is 50.3 Å². The minimum absolute atomic E-state index is 0.0111. The van der Waals surface area contributed by atoms with E-state index < -0.39 is 47.7 Å². The monoisotopic (exact) mass is 906 g/mol. The van der Waals surface area contributed by atoms with Gasteiger partial charge in [-0.25, -0.2) is 19.6 Å². The molecule has 0 unspecified atom stereocenters.